The minimum atomic E-state index is -0.804. The molecule has 0 aromatic heterocycles. The van der Waals surface area contributed by atoms with E-state index in [1.807, 2.05) is 0 Å². The molecular weight excluding hydrogens is 424 g/mol. The second kappa shape index (κ2) is 8.71. The van der Waals surface area contributed by atoms with E-state index in [9.17, 15) is 15.3 Å². The van der Waals surface area contributed by atoms with Crippen molar-refractivity contribution in [2.75, 3.05) is 6.61 Å². The maximum Gasteiger partial charge on any atom is 0.0868 e. The van der Waals surface area contributed by atoms with Crippen molar-refractivity contribution in [2.45, 2.75) is 123 Å². The van der Waals surface area contributed by atoms with Gasteiger partial charge in [-0.25, -0.2) is 0 Å². The van der Waals surface area contributed by atoms with E-state index in [1.54, 1.807) is 0 Å². The average Bonchev–Trinajstić information content (AvgIpc) is 3.50. The maximum atomic E-state index is 12.3. The fourth-order valence-corrected chi connectivity index (χ4v) is 10.6. The minimum Gasteiger partial charge on any atom is -0.393 e. The van der Waals surface area contributed by atoms with E-state index in [1.165, 1.54) is 25.7 Å². The molecule has 5 fully saturated rings. The Labute approximate surface area is 208 Å². The summed E-state index contributed by atoms with van der Waals surface area (Å²) in [4.78, 5) is 0. The smallest absolute Gasteiger partial charge is 0.0868 e. The van der Waals surface area contributed by atoms with E-state index in [-0.39, 0.29) is 35.1 Å². The highest BCUT2D eigenvalue weighted by atomic mass is 16.6. The predicted molar refractivity (Wildman–Crippen MR) is 135 cm³/mol. The third kappa shape index (κ3) is 3.59. The van der Waals surface area contributed by atoms with Gasteiger partial charge in [0.1, 0.15) is 0 Å². The molecule has 0 aromatic rings. The Balaban J connectivity index is 1.42. The number of hydrogen-bond donors (Lipinski definition) is 3. The van der Waals surface area contributed by atoms with Crippen LogP contribution in [0.3, 0.4) is 0 Å². The zero-order valence-corrected chi connectivity index (χ0v) is 22.7. The van der Waals surface area contributed by atoms with Crippen LogP contribution in [0.15, 0.2) is 0 Å². The molecule has 1 heterocycles. The van der Waals surface area contributed by atoms with Crippen molar-refractivity contribution in [1.82, 2.24) is 0 Å². The summed E-state index contributed by atoms with van der Waals surface area (Å²) in [6.45, 7) is 14.8. The number of hydrogen-bond acceptors (Lipinski definition) is 4. The van der Waals surface area contributed by atoms with E-state index in [4.69, 9.17) is 4.74 Å². The summed E-state index contributed by atoms with van der Waals surface area (Å²) in [5.74, 6) is 3.85. The van der Waals surface area contributed by atoms with E-state index >= 15 is 0 Å². The summed E-state index contributed by atoms with van der Waals surface area (Å²) in [7, 11) is 0. The second-order valence-electron chi connectivity index (χ2n) is 14.2. The minimum absolute atomic E-state index is 0.107. The molecule has 1 aliphatic heterocycles. The molecule has 0 radical (unpaired) electrons. The number of fused-ring (bicyclic) bond motifs is 5. The van der Waals surface area contributed by atoms with Gasteiger partial charge in [-0.3, -0.25) is 0 Å². The van der Waals surface area contributed by atoms with Crippen LogP contribution in [-0.2, 0) is 4.74 Å². The highest BCUT2D eigenvalue weighted by Gasteiger charge is 2.74. The van der Waals surface area contributed by atoms with Gasteiger partial charge in [0.15, 0.2) is 0 Å². The van der Waals surface area contributed by atoms with Gasteiger partial charge in [0.05, 0.1) is 30.5 Å². The Bertz CT molecular complexity index is 750. The molecule has 5 aliphatic rings. The van der Waals surface area contributed by atoms with Crippen LogP contribution in [0.2, 0.25) is 0 Å². The largest absolute Gasteiger partial charge is 0.393 e. The van der Waals surface area contributed by atoms with Crippen molar-refractivity contribution in [2.24, 2.45) is 58.2 Å². The summed E-state index contributed by atoms with van der Waals surface area (Å²) < 4.78 is 5.93. The van der Waals surface area contributed by atoms with Crippen LogP contribution >= 0.6 is 0 Å². The Morgan fingerprint density at radius 1 is 1.00 bits per heavy atom. The lowest BCUT2D eigenvalue weighted by molar-refractivity contribution is -0.155. The summed E-state index contributed by atoms with van der Waals surface area (Å²) >= 11 is 0. The van der Waals surface area contributed by atoms with Gasteiger partial charge in [0.2, 0.25) is 0 Å². The Hall–Kier alpha value is -0.160. The molecule has 0 bridgehead atoms. The SMILES string of the molecule is CC[C@H](C[C@@H](O)[C@@H](C)[C@H]1CC[C@H]2[C@@H]3[C@@H]([C@H]4CO4)[C@]4(O)C[C@@H](O)CC[C@]4(C)[C@H]3CC[C@]12C)C(C)C. The highest BCUT2D eigenvalue weighted by molar-refractivity contribution is 5.23. The van der Waals surface area contributed by atoms with E-state index in [0.717, 1.165) is 32.3 Å². The van der Waals surface area contributed by atoms with Crippen molar-refractivity contribution in [3.8, 4) is 0 Å². The van der Waals surface area contributed by atoms with E-state index in [2.05, 4.69) is 41.5 Å². The molecule has 3 N–H and O–H groups in total. The molecule has 196 valence electrons. The fraction of sp³-hybridized carbons (Fsp3) is 1.00. The number of aliphatic hydroxyl groups excluding tert-OH is 2. The molecule has 4 nitrogen and oxygen atoms in total. The van der Waals surface area contributed by atoms with Crippen LogP contribution in [0, 0.1) is 58.2 Å². The van der Waals surface area contributed by atoms with Crippen molar-refractivity contribution in [3.63, 3.8) is 0 Å². The van der Waals surface area contributed by atoms with Crippen LogP contribution in [0.25, 0.3) is 0 Å². The first-order chi connectivity index (χ1) is 16.0. The van der Waals surface area contributed by atoms with Gasteiger partial charge in [-0.2, -0.15) is 0 Å². The zero-order chi connectivity index (χ0) is 24.6. The van der Waals surface area contributed by atoms with Crippen molar-refractivity contribution in [3.05, 3.63) is 0 Å². The number of epoxide rings is 1. The third-order valence-corrected chi connectivity index (χ3v) is 12.7. The lowest BCUT2D eigenvalue weighted by Crippen LogP contribution is -2.55. The average molecular weight is 477 g/mol. The lowest BCUT2D eigenvalue weighted by atomic mass is 9.53. The van der Waals surface area contributed by atoms with Gasteiger partial charge in [-0.1, -0.05) is 48.0 Å². The van der Waals surface area contributed by atoms with Crippen LogP contribution in [0.4, 0.5) is 0 Å². The molecule has 34 heavy (non-hydrogen) atoms. The molecule has 4 saturated carbocycles. The van der Waals surface area contributed by atoms with Gasteiger partial charge >= 0.3 is 0 Å². The van der Waals surface area contributed by atoms with Crippen molar-refractivity contribution < 1.29 is 20.1 Å². The summed E-state index contributed by atoms with van der Waals surface area (Å²) in [5, 5.41) is 34.3. The standard InChI is InChI=1S/C30H52O4/c1-7-19(17(2)3)14-24(32)18(4)21-8-9-22-26-23(11-12-28(21,22)5)29(6)13-10-20(31)15-30(29,33)27(26)25-16-34-25/h17-27,31-33H,7-16H2,1-6H3/t18-,19+,20-,21+,22-,23-,24+,25+,26-,27+,28+,29+,30+/m0/s1. The molecule has 0 aromatic carbocycles. The second-order valence-corrected chi connectivity index (χ2v) is 14.2. The Morgan fingerprint density at radius 3 is 2.32 bits per heavy atom. The fourth-order valence-electron chi connectivity index (χ4n) is 10.6. The Morgan fingerprint density at radius 2 is 1.71 bits per heavy atom. The topological polar surface area (TPSA) is 73.2 Å². The quantitative estimate of drug-likeness (QED) is 0.429. The van der Waals surface area contributed by atoms with Crippen LogP contribution < -0.4 is 0 Å². The number of ether oxygens (including phenoxy) is 1. The maximum absolute atomic E-state index is 12.3. The lowest BCUT2D eigenvalue weighted by Gasteiger charge is -2.52. The molecule has 4 heteroatoms. The molecule has 13 atom stereocenters. The van der Waals surface area contributed by atoms with E-state index in [0.29, 0.717) is 47.8 Å². The van der Waals surface area contributed by atoms with Crippen LogP contribution in [-0.4, -0.2) is 45.8 Å². The van der Waals surface area contributed by atoms with Crippen molar-refractivity contribution in [1.29, 1.82) is 0 Å². The van der Waals surface area contributed by atoms with Gasteiger partial charge in [0, 0.05) is 12.3 Å². The molecule has 5 rings (SSSR count). The molecular formula is C30H52O4. The van der Waals surface area contributed by atoms with Gasteiger partial charge in [-0.15, -0.1) is 0 Å². The van der Waals surface area contributed by atoms with Gasteiger partial charge in [-0.05, 0) is 97.2 Å². The van der Waals surface area contributed by atoms with Crippen molar-refractivity contribution >= 4 is 0 Å². The molecule has 0 amide bonds. The molecule has 1 saturated heterocycles. The van der Waals surface area contributed by atoms with E-state index < -0.39 is 5.60 Å². The van der Waals surface area contributed by atoms with Gasteiger partial charge in [0.25, 0.3) is 0 Å². The van der Waals surface area contributed by atoms with Crippen LogP contribution in [0.5, 0.6) is 0 Å². The first-order valence-corrected chi connectivity index (χ1v) is 14.7. The summed E-state index contributed by atoms with van der Waals surface area (Å²) in [5.41, 5.74) is -0.683. The molecule has 0 unspecified atom stereocenters. The Kier molecular flexibility index (Phi) is 6.53. The first-order valence-electron chi connectivity index (χ1n) is 14.7. The zero-order valence-electron chi connectivity index (χ0n) is 22.7. The summed E-state index contributed by atoms with van der Waals surface area (Å²) in [6.07, 6.45) is 8.73. The monoisotopic (exact) mass is 476 g/mol. The summed E-state index contributed by atoms with van der Waals surface area (Å²) in [6, 6.07) is 0. The highest BCUT2D eigenvalue weighted by Crippen LogP contribution is 2.74. The molecule has 4 aliphatic carbocycles. The first kappa shape index (κ1) is 25.5. The van der Waals surface area contributed by atoms with Crippen LogP contribution in [0.1, 0.15) is 99.3 Å². The number of rotatable bonds is 7. The number of aliphatic hydroxyl groups is 3. The third-order valence-electron chi connectivity index (χ3n) is 12.7. The predicted octanol–water partition coefficient (Wildman–Crippen LogP) is 5.43. The van der Waals surface area contributed by atoms with Gasteiger partial charge < -0.3 is 20.1 Å². The molecule has 0 spiro atoms. The normalized spacial score (nSPS) is 52.6.